The van der Waals surface area contributed by atoms with E-state index in [1.54, 1.807) is 6.92 Å². The predicted molar refractivity (Wildman–Crippen MR) is 50.1 cm³/mol. The van der Waals surface area contributed by atoms with E-state index >= 15 is 0 Å². The van der Waals surface area contributed by atoms with Crippen LogP contribution in [-0.2, 0) is 10.1 Å². The Bertz CT molecular complexity index is 195. The van der Waals surface area contributed by atoms with Gasteiger partial charge in [0.1, 0.15) is 0 Å². The van der Waals surface area contributed by atoms with Gasteiger partial charge in [-0.2, -0.15) is 8.42 Å². The third kappa shape index (κ3) is 10.8. The average Bonchev–Trinajstić information content (AvgIpc) is 1.79. The van der Waals surface area contributed by atoms with E-state index < -0.39 is 10.1 Å². The van der Waals surface area contributed by atoms with Gasteiger partial charge in [-0.25, -0.2) is 0 Å². The van der Waals surface area contributed by atoms with Crippen molar-refractivity contribution in [3.8, 4) is 0 Å². The fourth-order valence-electron chi connectivity index (χ4n) is 0.705. The monoisotopic (exact) mass is 206 g/mol. The molecular formula is C5H15N2NaO3S. The Balaban J connectivity index is 0. The summed E-state index contributed by atoms with van der Waals surface area (Å²) in [5, 5.41) is 2.82. The Labute approximate surface area is 95.1 Å². The van der Waals surface area contributed by atoms with Crippen molar-refractivity contribution in [2.75, 3.05) is 18.8 Å². The van der Waals surface area contributed by atoms with Crippen molar-refractivity contribution in [2.24, 2.45) is 5.73 Å². The van der Waals surface area contributed by atoms with Crippen LogP contribution >= 0.6 is 0 Å². The van der Waals surface area contributed by atoms with Gasteiger partial charge in [0.15, 0.2) is 0 Å². The molecule has 7 heteroatoms. The van der Waals surface area contributed by atoms with E-state index in [4.69, 9.17) is 10.3 Å². The molecule has 0 spiro atoms. The van der Waals surface area contributed by atoms with E-state index in [0.717, 1.165) is 0 Å². The Kier molecular flexibility index (Phi) is 9.25. The van der Waals surface area contributed by atoms with Crippen LogP contribution < -0.4 is 11.1 Å². The van der Waals surface area contributed by atoms with Gasteiger partial charge in [0.2, 0.25) is 0 Å². The first-order valence-corrected chi connectivity index (χ1v) is 4.95. The molecule has 0 aliphatic heterocycles. The number of rotatable bonds is 5. The van der Waals surface area contributed by atoms with Gasteiger partial charge in [0, 0.05) is 19.1 Å². The summed E-state index contributed by atoms with van der Waals surface area (Å²) in [6, 6.07) is -0.256. The number of nitrogens with one attached hydrogen (secondary N) is 1. The summed E-state index contributed by atoms with van der Waals surface area (Å²) in [5.41, 5.74) is 5.17. The molecule has 0 aromatic carbocycles. The first kappa shape index (κ1) is 15.3. The first-order valence-electron chi connectivity index (χ1n) is 3.34. The number of hydrogen-bond acceptors (Lipinski definition) is 4. The Morgan fingerprint density at radius 3 is 2.42 bits per heavy atom. The molecular weight excluding hydrogens is 191 g/mol. The van der Waals surface area contributed by atoms with Crippen LogP contribution in [0.15, 0.2) is 0 Å². The fraction of sp³-hybridized carbons (Fsp3) is 1.00. The SMILES string of the molecule is CC(CS(=O)(=O)O)NCCN.[NaH]. The van der Waals surface area contributed by atoms with Crippen molar-refractivity contribution in [1.29, 1.82) is 0 Å². The molecule has 70 valence electrons. The molecule has 1 unspecified atom stereocenters. The van der Waals surface area contributed by atoms with Gasteiger partial charge in [0.05, 0.1) is 5.75 Å². The van der Waals surface area contributed by atoms with Gasteiger partial charge in [-0.15, -0.1) is 0 Å². The van der Waals surface area contributed by atoms with Crippen molar-refractivity contribution in [3.63, 3.8) is 0 Å². The molecule has 0 aromatic rings. The van der Waals surface area contributed by atoms with Crippen LogP contribution in [0.4, 0.5) is 0 Å². The molecule has 0 radical (unpaired) electrons. The average molecular weight is 206 g/mol. The van der Waals surface area contributed by atoms with Crippen LogP contribution in [0.1, 0.15) is 6.92 Å². The molecule has 0 rings (SSSR count). The minimum atomic E-state index is -3.86. The predicted octanol–water partition coefficient (Wildman–Crippen LogP) is -1.84. The van der Waals surface area contributed by atoms with Gasteiger partial charge in [-0.3, -0.25) is 4.55 Å². The third-order valence-electron chi connectivity index (χ3n) is 1.10. The van der Waals surface area contributed by atoms with E-state index in [1.807, 2.05) is 0 Å². The van der Waals surface area contributed by atoms with E-state index in [-0.39, 0.29) is 41.4 Å². The Morgan fingerprint density at radius 2 is 2.08 bits per heavy atom. The molecule has 0 fully saturated rings. The summed E-state index contributed by atoms with van der Waals surface area (Å²) < 4.78 is 29.0. The molecule has 0 bridgehead atoms. The van der Waals surface area contributed by atoms with E-state index in [2.05, 4.69) is 5.32 Å². The molecule has 0 saturated heterocycles. The van der Waals surface area contributed by atoms with Gasteiger partial charge in [-0.05, 0) is 6.92 Å². The zero-order valence-corrected chi connectivity index (χ0v) is 7.26. The number of nitrogens with two attached hydrogens (primary N) is 1. The van der Waals surface area contributed by atoms with Crippen molar-refractivity contribution < 1.29 is 13.0 Å². The second-order valence-corrected chi connectivity index (χ2v) is 3.89. The van der Waals surface area contributed by atoms with Gasteiger partial charge >= 0.3 is 29.6 Å². The molecule has 0 heterocycles. The van der Waals surface area contributed by atoms with Crippen LogP contribution in [0, 0.1) is 0 Å². The quantitative estimate of drug-likeness (QED) is 0.363. The summed E-state index contributed by atoms with van der Waals surface area (Å²) in [4.78, 5) is 0. The van der Waals surface area contributed by atoms with Crippen molar-refractivity contribution >= 4 is 39.7 Å². The van der Waals surface area contributed by atoms with Crippen LogP contribution in [0.25, 0.3) is 0 Å². The van der Waals surface area contributed by atoms with Crippen molar-refractivity contribution in [3.05, 3.63) is 0 Å². The summed E-state index contributed by atoms with van der Waals surface area (Å²) in [5.74, 6) is -0.271. The van der Waals surface area contributed by atoms with Crippen LogP contribution in [0.5, 0.6) is 0 Å². The zero-order chi connectivity index (χ0) is 8.91. The summed E-state index contributed by atoms with van der Waals surface area (Å²) in [6.07, 6.45) is 0. The molecule has 0 saturated carbocycles. The van der Waals surface area contributed by atoms with Crippen molar-refractivity contribution in [2.45, 2.75) is 13.0 Å². The van der Waals surface area contributed by atoms with Gasteiger partial charge in [-0.1, -0.05) is 0 Å². The first-order chi connectivity index (χ1) is 4.95. The number of hydrogen-bond donors (Lipinski definition) is 3. The van der Waals surface area contributed by atoms with Crippen LogP contribution in [0.3, 0.4) is 0 Å². The van der Waals surface area contributed by atoms with Crippen molar-refractivity contribution in [1.82, 2.24) is 5.32 Å². The minimum absolute atomic E-state index is 0. The molecule has 5 nitrogen and oxygen atoms in total. The summed E-state index contributed by atoms with van der Waals surface area (Å²) in [6.45, 7) is 2.68. The maximum absolute atomic E-state index is 10.3. The second kappa shape index (κ2) is 7.25. The van der Waals surface area contributed by atoms with Gasteiger partial charge < -0.3 is 11.1 Å². The standard InChI is InChI=1S/C5H14N2O3S.Na.H/c1-5(7-3-2-6)4-11(8,9)10;;/h5,7H,2-4,6H2,1H3,(H,8,9,10);;. The van der Waals surface area contributed by atoms with Crippen LogP contribution in [-0.4, -0.2) is 67.4 Å². The Morgan fingerprint density at radius 1 is 1.58 bits per heavy atom. The third-order valence-corrected chi connectivity index (χ3v) is 2.02. The normalized spacial score (nSPS) is 13.6. The maximum atomic E-state index is 10.3. The molecule has 1 atom stereocenters. The fourth-order valence-corrected chi connectivity index (χ4v) is 1.45. The summed E-state index contributed by atoms with van der Waals surface area (Å²) in [7, 11) is -3.86. The van der Waals surface area contributed by atoms with E-state index in [0.29, 0.717) is 13.1 Å². The molecule has 0 aromatic heterocycles. The molecule has 4 N–H and O–H groups in total. The van der Waals surface area contributed by atoms with E-state index in [1.165, 1.54) is 0 Å². The zero-order valence-electron chi connectivity index (χ0n) is 6.45. The van der Waals surface area contributed by atoms with Crippen LogP contribution in [0.2, 0.25) is 0 Å². The summed E-state index contributed by atoms with van der Waals surface area (Å²) >= 11 is 0. The second-order valence-electron chi connectivity index (χ2n) is 2.39. The molecule has 0 amide bonds. The Hall–Kier alpha value is 0.830. The van der Waals surface area contributed by atoms with E-state index in [9.17, 15) is 8.42 Å². The molecule has 0 aliphatic rings. The van der Waals surface area contributed by atoms with Gasteiger partial charge in [0.25, 0.3) is 10.1 Å². The molecule has 12 heavy (non-hydrogen) atoms. The molecule has 0 aliphatic carbocycles. The topological polar surface area (TPSA) is 92.4 Å².